The summed E-state index contributed by atoms with van der Waals surface area (Å²) in [5, 5.41) is 1.33. The maximum Gasteiger partial charge on any atom is 0.236 e. The Morgan fingerprint density at radius 3 is 2.64 bits per heavy atom. The van der Waals surface area contributed by atoms with Gasteiger partial charge in [0.2, 0.25) is 5.91 Å². The van der Waals surface area contributed by atoms with Gasteiger partial charge in [-0.2, -0.15) is 0 Å². The second kappa shape index (κ2) is 7.86. The molecule has 2 aliphatic rings. The Morgan fingerprint density at radius 2 is 1.88 bits per heavy atom. The van der Waals surface area contributed by atoms with Gasteiger partial charge in [0.1, 0.15) is 0 Å². The summed E-state index contributed by atoms with van der Waals surface area (Å²) in [6.07, 6.45) is 3.11. The maximum absolute atomic E-state index is 12.3. The zero-order chi connectivity index (χ0) is 17.1. The van der Waals surface area contributed by atoms with Crippen LogP contribution in [-0.2, 0) is 16.0 Å². The number of morpholine rings is 1. The Bertz CT molecular complexity index is 670. The van der Waals surface area contributed by atoms with E-state index in [1.54, 1.807) is 0 Å². The molecule has 0 atom stereocenters. The summed E-state index contributed by atoms with van der Waals surface area (Å²) >= 11 is 1.86. The highest BCUT2D eigenvalue weighted by molar-refractivity contribution is 7.18. The minimum atomic E-state index is 0.255. The number of nitrogens with one attached hydrogen (secondary N) is 1. The van der Waals surface area contributed by atoms with Gasteiger partial charge >= 0.3 is 0 Å². The Balaban J connectivity index is 1.19. The van der Waals surface area contributed by atoms with Crippen LogP contribution in [-0.4, -0.2) is 91.2 Å². The largest absolute Gasteiger partial charge is 0.378 e. The summed E-state index contributed by atoms with van der Waals surface area (Å²) in [6, 6.07) is 4.44. The number of aromatic nitrogens is 1. The van der Waals surface area contributed by atoms with E-state index in [4.69, 9.17) is 4.74 Å². The minimum absolute atomic E-state index is 0.255. The monoisotopic (exact) mass is 362 g/mol. The predicted molar refractivity (Wildman–Crippen MR) is 100 cm³/mol. The van der Waals surface area contributed by atoms with Crippen LogP contribution in [0.1, 0.15) is 4.88 Å². The average molecular weight is 362 g/mol. The van der Waals surface area contributed by atoms with Crippen molar-refractivity contribution in [3.05, 3.63) is 23.2 Å². The van der Waals surface area contributed by atoms with Crippen LogP contribution >= 0.6 is 11.3 Å². The quantitative estimate of drug-likeness (QED) is 0.870. The van der Waals surface area contributed by atoms with Gasteiger partial charge < -0.3 is 19.5 Å². The Labute approximate surface area is 152 Å². The molecule has 6 nitrogen and oxygen atoms in total. The highest BCUT2D eigenvalue weighted by atomic mass is 32.1. The van der Waals surface area contributed by atoms with Crippen molar-refractivity contribution in [2.45, 2.75) is 6.42 Å². The molecule has 0 aromatic carbocycles. The van der Waals surface area contributed by atoms with E-state index in [1.165, 1.54) is 15.1 Å². The van der Waals surface area contributed by atoms with E-state index in [2.05, 4.69) is 26.9 Å². The molecule has 4 rings (SSSR count). The van der Waals surface area contributed by atoms with Crippen molar-refractivity contribution in [3.8, 4) is 0 Å². The van der Waals surface area contributed by atoms with Gasteiger partial charge in [0.05, 0.1) is 24.6 Å². The lowest BCUT2D eigenvalue weighted by Gasteiger charge is -2.36. The number of aromatic amines is 1. The SMILES string of the molecule is O=C(CN1CCN(CCc2cc3cc[nH]c3s2)CC1)N1CCOCC1. The van der Waals surface area contributed by atoms with E-state index >= 15 is 0 Å². The summed E-state index contributed by atoms with van der Waals surface area (Å²) in [5.74, 6) is 0.255. The molecule has 7 heteroatoms. The van der Waals surface area contributed by atoms with Gasteiger partial charge in [-0.1, -0.05) is 0 Å². The van der Waals surface area contributed by atoms with Gasteiger partial charge in [-0.25, -0.2) is 0 Å². The minimum Gasteiger partial charge on any atom is -0.378 e. The number of rotatable bonds is 5. The van der Waals surface area contributed by atoms with E-state index in [9.17, 15) is 4.79 Å². The number of hydrogen-bond donors (Lipinski definition) is 1. The van der Waals surface area contributed by atoms with Gasteiger partial charge in [-0.05, 0) is 18.6 Å². The Kier molecular flexibility index (Phi) is 5.36. The number of ether oxygens (including phenoxy) is 1. The first-order chi connectivity index (χ1) is 12.3. The Hall–Kier alpha value is -1.41. The molecule has 4 heterocycles. The van der Waals surface area contributed by atoms with Gasteiger partial charge in [-0.15, -0.1) is 11.3 Å². The summed E-state index contributed by atoms with van der Waals surface area (Å²) < 4.78 is 5.32. The average Bonchev–Trinajstić information content (AvgIpc) is 3.23. The number of carbonyl (C=O) groups excluding carboxylic acids is 1. The fourth-order valence-corrected chi connectivity index (χ4v) is 4.58. The molecule has 25 heavy (non-hydrogen) atoms. The third-order valence-electron chi connectivity index (χ3n) is 5.15. The van der Waals surface area contributed by atoms with Crippen LogP contribution in [0.2, 0.25) is 0 Å². The second-order valence-corrected chi connectivity index (χ2v) is 7.97. The molecule has 0 bridgehead atoms. The number of amides is 1. The van der Waals surface area contributed by atoms with Crippen molar-refractivity contribution in [1.82, 2.24) is 19.7 Å². The van der Waals surface area contributed by atoms with Crippen LogP contribution in [0.5, 0.6) is 0 Å². The first-order valence-corrected chi connectivity index (χ1v) is 9.95. The normalized spacial score (nSPS) is 20.4. The number of nitrogens with zero attached hydrogens (tertiary/aromatic N) is 3. The molecule has 2 aromatic heterocycles. The molecule has 136 valence electrons. The van der Waals surface area contributed by atoms with Crippen molar-refractivity contribution < 1.29 is 9.53 Å². The van der Waals surface area contributed by atoms with Crippen molar-refractivity contribution in [3.63, 3.8) is 0 Å². The summed E-state index contributed by atoms with van der Waals surface area (Å²) in [5.41, 5.74) is 0. The zero-order valence-corrected chi connectivity index (χ0v) is 15.4. The highest BCUT2D eigenvalue weighted by Crippen LogP contribution is 2.24. The van der Waals surface area contributed by atoms with E-state index in [0.29, 0.717) is 19.8 Å². The number of hydrogen-bond acceptors (Lipinski definition) is 5. The fraction of sp³-hybridized carbons (Fsp3) is 0.611. The molecule has 1 N–H and O–H groups in total. The number of piperazine rings is 1. The van der Waals surface area contributed by atoms with Crippen LogP contribution in [0.4, 0.5) is 0 Å². The van der Waals surface area contributed by atoms with Gasteiger partial charge in [-0.3, -0.25) is 9.69 Å². The fourth-order valence-electron chi connectivity index (χ4n) is 3.57. The lowest BCUT2D eigenvalue weighted by molar-refractivity contribution is -0.136. The molecular formula is C18H26N4O2S. The number of fused-ring (bicyclic) bond motifs is 1. The summed E-state index contributed by atoms with van der Waals surface area (Å²) in [6.45, 7) is 8.59. The zero-order valence-electron chi connectivity index (χ0n) is 14.6. The lowest BCUT2D eigenvalue weighted by Crippen LogP contribution is -2.51. The van der Waals surface area contributed by atoms with Crippen molar-refractivity contribution in [2.75, 3.05) is 65.6 Å². The molecule has 0 radical (unpaired) electrons. The lowest BCUT2D eigenvalue weighted by atomic mass is 10.2. The van der Waals surface area contributed by atoms with E-state index < -0.39 is 0 Å². The molecule has 2 fully saturated rings. The predicted octanol–water partition coefficient (Wildman–Crippen LogP) is 1.25. The first kappa shape index (κ1) is 17.0. The molecule has 2 saturated heterocycles. The van der Waals surface area contributed by atoms with Crippen LogP contribution in [0.15, 0.2) is 18.3 Å². The number of carbonyl (C=O) groups is 1. The summed E-state index contributed by atoms with van der Waals surface area (Å²) in [7, 11) is 0. The third kappa shape index (κ3) is 4.23. The van der Waals surface area contributed by atoms with Crippen LogP contribution < -0.4 is 0 Å². The van der Waals surface area contributed by atoms with Crippen molar-refractivity contribution >= 4 is 27.5 Å². The molecule has 0 unspecified atom stereocenters. The standard InChI is InChI=1S/C18H26N4O2S/c23-17(22-9-11-24-12-10-22)14-21-7-5-20(6-8-21)4-2-16-13-15-1-3-19-18(15)25-16/h1,3,13,19H,2,4-12,14H2. The highest BCUT2D eigenvalue weighted by Gasteiger charge is 2.22. The summed E-state index contributed by atoms with van der Waals surface area (Å²) in [4.78, 5) is 25.1. The molecular weight excluding hydrogens is 336 g/mol. The van der Waals surface area contributed by atoms with Crippen LogP contribution in [0.25, 0.3) is 10.2 Å². The van der Waals surface area contributed by atoms with E-state index in [-0.39, 0.29) is 5.91 Å². The molecule has 0 spiro atoms. The number of H-pyrrole nitrogens is 1. The molecule has 2 aromatic rings. The van der Waals surface area contributed by atoms with E-state index in [0.717, 1.165) is 52.2 Å². The van der Waals surface area contributed by atoms with Crippen molar-refractivity contribution in [1.29, 1.82) is 0 Å². The topological polar surface area (TPSA) is 51.8 Å². The Morgan fingerprint density at radius 1 is 1.12 bits per heavy atom. The smallest absolute Gasteiger partial charge is 0.236 e. The first-order valence-electron chi connectivity index (χ1n) is 9.14. The van der Waals surface area contributed by atoms with Crippen LogP contribution in [0, 0.1) is 0 Å². The van der Waals surface area contributed by atoms with Gasteiger partial charge in [0.15, 0.2) is 0 Å². The third-order valence-corrected chi connectivity index (χ3v) is 6.29. The molecule has 0 aliphatic carbocycles. The van der Waals surface area contributed by atoms with E-state index in [1.807, 2.05) is 22.4 Å². The molecule has 0 saturated carbocycles. The molecule has 1 amide bonds. The molecule has 2 aliphatic heterocycles. The maximum atomic E-state index is 12.3. The second-order valence-electron chi connectivity index (χ2n) is 6.84. The van der Waals surface area contributed by atoms with Crippen LogP contribution in [0.3, 0.4) is 0 Å². The van der Waals surface area contributed by atoms with Gasteiger partial charge in [0, 0.05) is 62.3 Å². The van der Waals surface area contributed by atoms with Crippen molar-refractivity contribution in [2.24, 2.45) is 0 Å². The van der Waals surface area contributed by atoms with Gasteiger partial charge in [0.25, 0.3) is 0 Å². The number of thiophene rings is 1.